The van der Waals surface area contributed by atoms with Crippen molar-refractivity contribution < 1.29 is 25.0 Å². The number of hydrogen-bond donors (Lipinski definition) is 3. The van der Waals surface area contributed by atoms with E-state index in [1.54, 1.807) is 0 Å². The molecule has 2 saturated carbocycles. The number of carboxylic acid groups (broad SMARTS) is 1. The minimum Gasteiger partial charge on any atom is -0.481 e. The summed E-state index contributed by atoms with van der Waals surface area (Å²) in [5.41, 5.74) is 0.922. The molecule has 2 fully saturated rings. The van der Waals surface area contributed by atoms with E-state index < -0.39 is 18.2 Å². The van der Waals surface area contributed by atoms with E-state index in [-0.39, 0.29) is 24.9 Å². The third-order valence-corrected chi connectivity index (χ3v) is 5.32. The van der Waals surface area contributed by atoms with Gasteiger partial charge in [-0.3, -0.25) is 4.79 Å². The Morgan fingerprint density at radius 1 is 1.40 bits per heavy atom. The van der Waals surface area contributed by atoms with Crippen LogP contribution in [0.25, 0.3) is 0 Å². The Hall–Kier alpha value is -1.40. The number of aliphatic hydroxyl groups excluding tert-OH is 2. The molecule has 6 nitrogen and oxygen atoms in total. The molecule has 3 unspecified atom stereocenters. The highest BCUT2D eigenvalue weighted by molar-refractivity contribution is 5.93. The van der Waals surface area contributed by atoms with Gasteiger partial charge in [-0.25, -0.2) is 0 Å². The van der Waals surface area contributed by atoms with Gasteiger partial charge in [0.2, 0.25) is 0 Å². The van der Waals surface area contributed by atoms with Crippen molar-refractivity contribution >= 4 is 11.7 Å². The first-order chi connectivity index (χ1) is 12.0. The number of rotatable bonds is 11. The van der Waals surface area contributed by atoms with Crippen LogP contribution in [0.15, 0.2) is 17.3 Å². The molecule has 0 aromatic carbocycles. The van der Waals surface area contributed by atoms with Crippen molar-refractivity contribution in [2.45, 2.75) is 70.5 Å². The molecule has 25 heavy (non-hydrogen) atoms. The Morgan fingerprint density at radius 3 is 2.92 bits per heavy atom. The normalized spacial score (nSPS) is 31.1. The lowest BCUT2D eigenvalue weighted by atomic mass is 9.71. The van der Waals surface area contributed by atoms with Gasteiger partial charge in [-0.05, 0) is 25.2 Å². The van der Waals surface area contributed by atoms with E-state index in [0.717, 1.165) is 31.4 Å². The average molecular weight is 353 g/mol. The van der Waals surface area contributed by atoms with E-state index in [2.05, 4.69) is 12.1 Å². The summed E-state index contributed by atoms with van der Waals surface area (Å²) in [5.74, 6) is -0.272. The number of aliphatic hydroxyl groups is 2. The molecule has 6 heteroatoms. The van der Waals surface area contributed by atoms with Crippen LogP contribution >= 0.6 is 0 Å². The highest BCUT2D eigenvalue weighted by Gasteiger charge is 2.51. The van der Waals surface area contributed by atoms with Crippen molar-refractivity contribution in [3.05, 3.63) is 12.2 Å². The molecule has 142 valence electrons. The van der Waals surface area contributed by atoms with Gasteiger partial charge in [0.1, 0.15) is 6.61 Å². The quantitative estimate of drug-likeness (QED) is 0.301. The number of unbranched alkanes of at least 4 members (excludes halogenated alkanes) is 3. The maximum atomic E-state index is 10.4. The molecule has 0 saturated heterocycles. The first-order valence-corrected chi connectivity index (χ1v) is 9.47. The minimum absolute atomic E-state index is 0.0605. The Labute approximate surface area is 149 Å². The number of nitrogens with zero attached hydrogens (tertiary/aromatic N) is 1. The minimum atomic E-state index is -0.901. The molecule has 2 rings (SSSR count). The molecule has 0 spiro atoms. The van der Waals surface area contributed by atoms with Crippen molar-refractivity contribution in [3.63, 3.8) is 0 Å². The SMILES string of the molecule is CCCCCCC(O)C=CC1C(O)C[C@@H]2C(=NOCCC(=O)O)C[C@@H]12. The van der Waals surface area contributed by atoms with Crippen LogP contribution in [0.5, 0.6) is 0 Å². The van der Waals surface area contributed by atoms with Crippen LogP contribution in [0.1, 0.15) is 58.3 Å². The van der Waals surface area contributed by atoms with Crippen LogP contribution in [0, 0.1) is 17.8 Å². The van der Waals surface area contributed by atoms with Crippen LogP contribution in [0.2, 0.25) is 0 Å². The lowest BCUT2D eigenvalue weighted by molar-refractivity contribution is -0.138. The van der Waals surface area contributed by atoms with Gasteiger partial charge in [-0.15, -0.1) is 0 Å². The van der Waals surface area contributed by atoms with E-state index >= 15 is 0 Å². The predicted molar refractivity (Wildman–Crippen MR) is 95.3 cm³/mol. The summed E-state index contributed by atoms with van der Waals surface area (Å²) in [6, 6.07) is 0. The maximum Gasteiger partial charge on any atom is 0.306 e. The molecule has 0 radical (unpaired) electrons. The lowest BCUT2D eigenvalue weighted by Gasteiger charge is -2.34. The highest BCUT2D eigenvalue weighted by atomic mass is 16.6. The van der Waals surface area contributed by atoms with Crippen LogP contribution in [0.4, 0.5) is 0 Å². The van der Waals surface area contributed by atoms with Crippen LogP contribution in [-0.4, -0.2) is 45.8 Å². The van der Waals surface area contributed by atoms with Gasteiger partial charge in [0.15, 0.2) is 0 Å². The van der Waals surface area contributed by atoms with E-state index in [1.165, 1.54) is 12.8 Å². The summed E-state index contributed by atoms with van der Waals surface area (Å²) >= 11 is 0. The molecule has 0 amide bonds. The zero-order chi connectivity index (χ0) is 18.2. The van der Waals surface area contributed by atoms with Gasteiger partial charge in [0, 0.05) is 11.8 Å². The van der Waals surface area contributed by atoms with E-state index in [1.807, 2.05) is 12.2 Å². The molecule has 2 aliphatic carbocycles. The zero-order valence-electron chi connectivity index (χ0n) is 15.0. The lowest BCUT2D eigenvalue weighted by Crippen LogP contribution is -2.36. The maximum absolute atomic E-state index is 10.4. The van der Waals surface area contributed by atoms with Gasteiger partial charge < -0.3 is 20.2 Å². The summed E-state index contributed by atoms with van der Waals surface area (Å²) in [6.07, 6.45) is 9.69. The number of aliphatic carboxylic acids is 1. The summed E-state index contributed by atoms with van der Waals surface area (Å²) in [4.78, 5) is 15.5. The van der Waals surface area contributed by atoms with E-state index in [4.69, 9.17) is 9.94 Å². The zero-order valence-corrected chi connectivity index (χ0v) is 15.0. The van der Waals surface area contributed by atoms with E-state index in [0.29, 0.717) is 12.3 Å². The topological polar surface area (TPSA) is 99.4 Å². The molecule has 0 bridgehead atoms. The Bertz CT molecular complexity index is 490. The van der Waals surface area contributed by atoms with E-state index in [9.17, 15) is 15.0 Å². The standard InChI is InChI=1S/C19H31NO5/c1-2-3-4-5-6-13(21)7-8-14-15-11-17(16(15)12-18(14)22)20-25-10-9-19(23)24/h7-8,13-16,18,21-22H,2-6,9-12H2,1H3,(H,23,24)/t13?,14?,15-,16-,18?/m0/s1. The molecule has 0 aromatic heterocycles. The fraction of sp³-hybridized carbons (Fsp3) is 0.789. The second-order valence-electron chi connectivity index (χ2n) is 7.22. The molecule has 2 aliphatic rings. The molecule has 0 aliphatic heterocycles. The summed E-state index contributed by atoms with van der Waals surface area (Å²) in [5, 5.41) is 32.9. The third-order valence-electron chi connectivity index (χ3n) is 5.32. The number of carboxylic acids is 1. The fourth-order valence-electron chi connectivity index (χ4n) is 3.81. The van der Waals surface area contributed by atoms with Gasteiger partial charge >= 0.3 is 5.97 Å². The van der Waals surface area contributed by atoms with Crippen molar-refractivity contribution in [1.82, 2.24) is 0 Å². The second-order valence-corrected chi connectivity index (χ2v) is 7.22. The van der Waals surface area contributed by atoms with Gasteiger partial charge in [-0.1, -0.05) is 49.9 Å². The number of fused-ring (bicyclic) bond motifs is 1. The fourth-order valence-corrected chi connectivity index (χ4v) is 3.81. The highest BCUT2D eigenvalue weighted by Crippen LogP contribution is 2.49. The van der Waals surface area contributed by atoms with Gasteiger partial charge in [0.05, 0.1) is 24.3 Å². The second kappa shape index (κ2) is 9.92. The molecule has 3 N–H and O–H groups in total. The summed E-state index contributed by atoms with van der Waals surface area (Å²) in [6.45, 7) is 2.24. The smallest absolute Gasteiger partial charge is 0.306 e. The van der Waals surface area contributed by atoms with Gasteiger partial charge in [-0.2, -0.15) is 0 Å². The Balaban J connectivity index is 1.74. The number of oxime groups is 1. The van der Waals surface area contributed by atoms with Crippen LogP contribution in [-0.2, 0) is 9.63 Å². The third kappa shape index (κ3) is 5.82. The largest absolute Gasteiger partial charge is 0.481 e. The van der Waals surface area contributed by atoms with Gasteiger partial charge in [0.25, 0.3) is 0 Å². The summed E-state index contributed by atoms with van der Waals surface area (Å²) in [7, 11) is 0. The van der Waals surface area contributed by atoms with Crippen molar-refractivity contribution in [3.8, 4) is 0 Å². The molecular formula is C19H31NO5. The Kier molecular flexibility index (Phi) is 7.90. The average Bonchev–Trinajstić information content (AvgIpc) is 2.80. The molecule has 0 heterocycles. The van der Waals surface area contributed by atoms with Crippen molar-refractivity contribution in [1.29, 1.82) is 0 Å². The first-order valence-electron chi connectivity index (χ1n) is 9.47. The predicted octanol–water partition coefficient (Wildman–Crippen LogP) is 2.74. The molecule has 0 aromatic rings. The summed E-state index contributed by atoms with van der Waals surface area (Å²) < 4.78 is 0. The van der Waals surface area contributed by atoms with Crippen LogP contribution < -0.4 is 0 Å². The van der Waals surface area contributed by atoms with Crippen molar-refractivity contribution in [2.75, 3.05) is 6.61 Å². The number of carbonyl (C=O) groups is 1. The first kappa shape index (κ1) is 19.9. The Morgan fingerprint density at radius 2 is 2.20 bits per heavy atom. The molecule has 5 atom stereocenters. The van der Waals surface area contributed by atoms with Crippen molar-refractivity contribution in [2.24, 2.45) is 22.9 Å². The monoisotopic (exact) mass is 353 g/mol. The molecular weight excluding hydrogens is 322 g/mol. The number of hydrogen-bond acceptors (Lipinski definition) is 5. The van der Waals surface area contributed by atoms with Crippen LogP contribution in [0.3, 0.4) is 0 Å².